The number of amides is 3. The van der Waals surface area contributed by atoms with Crippen LogP contribution in [0, 0.1) is 17.2 Å². The Balaban J connectivity index is 1.52. The van der Waals surface area contributed by atoms with Crippen LogP contribution in [0.5, 0.6) is 0 Å². The monoisotopic (exact) mass is 534 g/mol. The lowest BCUT2D eigenvalue weighted by Gasteiger charge is -2.29. The van der Waals surface area contributed by atoms with Gasteiger partial charge in [-0.15, -0.1) is 0 Å². The highest BCUT2D eigenvalue weighted by Gasteiger charge is 2.29. The zero-order valence-electron chi connectivity index (χ0n) is 22.6. The summed E-state index contributed by atoms with van der Waals surface area (Å²) in [5, 5.41) is 12.3. The van der Waals surface area contributed by atoms with Crippen LogP contribution in [-0.2, 0) is 33.7 Å². The molecule has 11 heteroatoms. The minimum Gasteiger partial charge on any atom is -0.384 e. The first-order valence-corrected chi connectivity index (χ1v) is 13.2. The number of methoxy groups -OCH3 is 1. The van der Waals surface area contributed by atoms with Crippen LogP contribution in [0.3, 0.4) is 0 Å². The Morgan fingerprint density at radius 3 is 2.87 bits per heavy atom. The third-order valence-corrected chi connectivity index (χ3v) is 6.98. The average Bonchev–Trinajstić information content (AvgIpc) is 3.47. The van der Waals surface area contributed by atoms with Crippen LogP contribution in [0.2, 0.25) is 0 Å². The molecule has 4 heterocycles. The number of carbonyl (C=O) groups is 3. The van der Waals surface area contributed by atoms with Crippen LogP contribution in [-0.4, -0.2) is 73.1 Å². The third-order valence-electron chi connectivity index (χ3n) is 6.98. The Labute approximate surface area is 228 Å². The summed E-state index contributed by atoms with van der Waals surface area (Å²) >= 11 is 0. The number of nitrogens with one attached hydrogen (secondary N) is 1. The number of ether oxygens (including phenoxy) is 2. The van der Waals surface area contributed by atoms with Gasteiger partial charge in [0.2, 0.25) is 0 Å². The number of hydrogen-bond donors (Lipinski definition) is 1. The summed E-state index contributed by atoms with van der Waals surface area (Å²) in [4.78, 5) is 49.8. The van der Waals surface area contributed by atoms with E-state index in [1.807, 2.05) is 13.0 Å². The number of carbonyl (C=O) groups excluding carboxylic acids is 3. The lowest BCUT2D eigenvalue weighted by atomic mass is 9.99. The van der Waals surface area contributed by atoms with Gasteiger partial charge in [-0.2, -0.15) is 5.26 Å². The molecule has 2 aromatic heterocycles. The molecule has 0 spiro atoms. The summed E-state index contributed by atoms with van der Waals surface area (Å²) in [6, 6.07) is 5.30. The zero-order chi connectivity index (χ0) is 27.9. The summed E-state index contributed by atoms with van der Waals surface area (Å²) in [6.07, 6.45) is 5.22. The SMILES string of the molecule is COC[C@H](C)Cc1cc(NC(=O)N2CCCc3cc(CN(C)C(=O)[C@H]4CCCO4)c(C=O)nc32)ncc1C#N. The highest BCUT2D eigenvalue weighted by molar-refractivity contribution is 6.01. The van der Waals surface area contributed by atoms with Crippen LogP contribution in [0.15, 0.2) is 18.3 Å². The van der Waals surface area contributed by atoms with Crippen molar-refractivity contribution in [1.82, 2.24) is 14.9 Å². The summed E-state index contributed by atoms with van der Waals surface area (Å²) in [6.45, 7) is 3.79. The number of aromatic nitrogens is 2. The second-order valence-corrected chi connectivity index (χ2v) is 10.1. The van der Waals surface area contributed by atoms with E-state index in [-0.39, 0.29) is 24.1 Å². The molecule has 2 atom stereocenters. The fraction of sp³-hybridized carbons (Fsp3) is 0.500. The van der Waals surface area contributed by atoms with Gasteiger partial charge in [0.25, 0.3) is 5.91 Å². The first-order valence-electron chi connectivity index (χ1n) is 13.2. The fourth-order valence-electron chi connectivity index (χ4n) is 5.07. The van der Waals surface area contributed by atoms with E-state index < -0.39 is 12.1 Å². The Bertz CT molecular complexity index is 1270. The minimum absolute atomic E-state index is 0.117. The van der Waals surface area contributed by atoms with Crippen molar-refractivity contribution in [3.05, 3.63) is 46.3 Å². The Kier molecular flexibility index (Phi) is 9.22. The molecule has 3 amide bonds. The topological polar surface area (TPSA) is 138 Å². The highest BCUT2D eigenvalue weighted by Crippen LogP contribution is 2.29. The van der Waals surface area contributed by atoms with E-state index in [1.165, 1.54) is 11.1 Å². The van der Waals surface area contributed by atoms with Gasteiger partial charge in [-0.05, 0) is 61.3 Å². The smallest absolute Gasteiger partial charge is 0.328 e. The summed E-state index contributed by atoms with van der Waals surface area (Å²) in [7, 11) is 3.32. The lowest BCUT2D eigenvalue weighted by molar-refractivity contribution is -0.140. The number of nitriles is 1. The van der Waals surface area contributed by atoms with Crippen LogP contribution < -0.4 is 10.2 Å². The van der Waals surface area contributed by atoms with Crippen LogP contribution >= 0.6 is 0 Å². The third kappa shape index (κ3) is 6.58. The standard InChI is InChI=1S/C28H34N6O5/c1-18(17-38-3)10-20-12-25(30-14-22(20)13-29)32-28(37)34-8-4-6-19-11-21(23(16-35)31-26(19)34)15-33(2)27(36)24-7-5-9-39-24/h11-12,14,16,18,24H,4-10,15,17H2,1-3H3,(H,30,32,37)/t18-,24-/m1/s1. The summed E-state index contributed by atoms with van der Waals surface area (Å²) < 4.78 is 10.7. The number of nitrogens with zero attached hydrogens (tertiary/aromatic N) is 5. The molecule has 0 bridgehead atoms. The van der Waals surface area contributed by atoms with Gasteiger partial charge in [-0.3, -0.25) is 19.8 Å². The van der Waals surface area contributed by atoms with Crippen molar-refractivity contribution in [2.75, 3.05) is 44.1 Å². The van der Waals surface area contributed by atoms with Gasteiger partial charge in [0.15, 0.2) is 6.29 Å². The van der Waals surface area contributed by atoms with Crippen LogP contribution in [0.25, 0.3) is 0 Å². The number of anilines is 2. The van der Waals surface area contributed by atoms with Crippen LogP contribution in [0.4, 0.5) is 16.4 Å². The van der Waals surface area contributed by atoms with Crippen molar-refractivity contribution in [2.24, 2.45) is 5.92 Å². The normalized spacial score (nSPS) is 17.2. The number of hydrogen-bond acceptors (Lipinski definition) is 8. The molecule has 0 saturated carbocycles. The molecule has 2 aliphatic heterocycles. The Hall–Kier alpha value is -3.88. The molecular formula is C28H34N6O5. The fourth-order valence-corrected chi connectivity index (χ4v) is 5.07. The number of aldehydes is 1. The van der Waals surface area contributed by atoms with Crippen molar-refractivity contribution in [3.8, 4) is 6.07 Å². The highest BCUT2D eigenvalue weighted by atomic mass is 16.5. The van der Waals surface area contributed by atoms with Gasteiger partial charge in [0.05, 0.1) is 5.56 Å². The van der Waals surface area contributed by atoms with E-state index in [2.05, 4.69) is 21.4 Å². The number of aryl methyl sites for hydroxylation is 1. The number of rotatable bonds is 9. The molecular weight excluding hydrogens is 500 g/mol. The Morgan fingerprint density at radius 1 is 1.36 bits per heavy atom. The minimum atomic E-state index is -0.445. The molecule has 4 rings (SSSR count). The molecule has 206 valence electrons. The molecule has 11 nitrogen and oxygen atoms in total. The van der Waals surface area contributed by atoms with Crippen molar-refractivity contribution in [2.45, 2.75) is 51.7 Å². The predicted molar refractivity (Wildman–Crippen MR) is 143 cm³/mol. The maximum atomic E-state index is 13.3. The second-order valence-electron chi connectivity index (χ2n) is 10.1. The number of urea groups is 1. The molecule has 0 radical (unpaired) electrons. The van der Waals surface area contributed by atoms with E-state index >= 15 is 0 Å². The van der Waals surface area contributed by atoms with Gasteiger partial charge < -0.3 is 14.4 Å². The summed E-state index contributed by atoms with van der Waals surface area (Å²) in [5.41, 5.74) is 2.87. The number of likely N-dealkylation sites (N-methyl/N-ethyl adjacent to an activating group) is 1. The maximum Gasteiger partial charge on any atom is 0.328 e. The number of fused-ring (bicyclic) bond motifs is 1. The van der Waals surface area contributed by atoms with Gasteiger partial charge in [0, 0.05) is 52.2 Å². The molecule has 2 aromatic rings. The van der Waals surface area contributed by atoms with E-state index in [4.69, 9.17) is 9.47 Å². The van der Waals surface area contributed by atoms with E-state index in [1.54, 1.807) is 25.1 Å². The molecule has 2 aliphatic rings. The van der Waals surface area contributed by atoms with Crippen molar-refractivity contribution in [1.29, 1.82) is 5.26 Å². The maximum absolute atomic E-state index is 13.3. The Morgan fingerprint density at radius 2 is 2.18 bits per heavy atom. The molecule has 0 aromatic carbocycles. The molecule has 39 heavy (non-hydrogen) atoms. The van der Waals surface area contributed by atoms with Gasteiger partial charge >= 0.3 is 6.03 Å². The molecule has 1 saturated heterocycles. The second kappa shape index (κ2) is 12.8. The van der Waals surface area contributed by atoms with Gasteiger partial charge in [-0.25, -0.2) is 14.8 Å². The first-order chi connectivity index (χ1) is 18.8. The zero-order valence-corrected chi connectivity index (χ0v) is 22.6. The van der Waals surface area contributed by atoms with E-state index in [0.717, 1.165) is 17.5 Å². The molecule has 1 N–H and O–H groups in total. The molecule has 1 fully saturated rings. The quantitative estimate of drug-likeness (QED) is 0.485. The van der Waals surface area contributed by atoms with E-state index in [0.29, 0.717) is 74.5 Å². The van der Waals surface area contributed by atoms with Gasteiger partial charge in [0.1, 0.15) is 29.5 Å². The van der Waals surface area contributed by atoms with Crippen LogP contribution in [0.1, 0.15) is 58.9 Å². The largest absolute Gasteiger partial charge is 0.384 e. The van der Waals surface area contributed by atoms with Crippen molar-refractivity contribution >= 4 is 29.9 Å². The van der Waals surface area contributed by atoms with Gasteiger partial charge in [-0.1, -0.05) is 6.92 Å². The van der Waals surface area contributed by atoms with E-state index in [9.17, 15) is 19.6 Å². The lowest BCUT2D eigenvalue weighted by Crippen LogP contribution is -2.40. The summed E-state index contributed by atoms with van der Waals surface area (Å²) in [5.74, 6) is 0.809. The molecule has 0 unspecified atom stereocenters. The first kappa shape index (κ1) is 28.1. The number of pyridine rings is 2. The average molecular weight is 535 g/mol. The molecule has 0 aliphatic carbocycles. The van der Waals surface area contributed by atoms with Crippen molar-refractivity contribution < 1.29 is 23.9 Å². The predicted octanol–water partition coefficient (Wildman–Crippen LogP) is 3.11. The van der Waals surface area contributed by atoms with Crippen molar-refractivity contribution in [3.63, 3.8) is 0 Å².